The molecule has 2 aliphatic rings. The van der Waals surface area contributed by atoms with Crippen molar-refractivity contribution < 1.29 is 4.79 Å². The van der Waals surface area contributed by atoms with E-state index >= 15 is 0 Å². The molecule has 2 aliphatic heterocycles. The van der Waals surface area contributed by atoms with Crippen molar-refractivity contribution in [2.75, 3.05) is 19.6 Å². The fourth-order valence-electron chi connectivity index (χ4n) is 2.97. The second-order valence-electron chi connectivity index (χ2n) is 5.90. The lowest BCUT2D eigenvalue weighted by Gasteiger charge is -2.43. The zero-order valence-electron chi connectivity index (χ0n) is 11.2. The number of piperazine rings is 1. The maximum atomic E-state index is 12.3. The summed E-state index contributed by atoms with van der Waals surface area (Å²) < 4.78 is 0. The molecule has 0 radical (unpaired) electrons. The highest BCUT2D eigenvalue weighted by molar-refractivity contribution is 5.82. The number of hydrogen-bond donors (Lipinski definition) is 1. The number of carbonyl (C=O) groups is 1. The Hall–Kier alpha value is -0.610. The van der Waals surface area contributed by atoms with Crippen LogP contribution in [0.4, 0.5) is 0 Å². The Morgan fingerprint density at radius 3 is 2.71 bits per heavy atom. The topological polar surface area (TPSA) is 49.6 Å². The minimum Gasteiger partial charge on any atom is -0.336 e. The minimum absolute atomic E-state index is 0.138. The summed E-state index contributed by atoms with van der Waals surface area (Å²) in [4.78, 5) is 16.9. The SMILES string of the molecule is CC(C)[C@H](N)C(=O)N1CC2CCCN2CC1C. The first-order valence-electron chi connectivity index (χ1n) is 6.80. The summed E-state index contributed by atoms with van der Waals surface area (Å²) in [5.41, 5.74) is 5.99. The Bertz CT molecular complexity index is 292. The van der Waals surface area contributed by atoms with Crippen LogP contribution >= 0.6 is 0 Å². The van der Waals surface area contributed by atoms with Gasteiger partial charge in [0.1, 0.15) is 0 Å². The van der Waals surface area contributed by atoms with E-state index in [9.17, 15) is 4.79 Å². The number of nitrogens with two attached hydrogens (primary N) is 1. The van der Waals surface area contributed by atoms with Gasteiger partial charge in [-0.15, -0.1) is 0 Å². The third-order valence-corrected chi connectivity index (χ3v) is 4.22. The Kier molecular flexibility index (Phi) is 3.73. The Balaban J connectivity index is 2.03. The fourth-order valence-corrected chi connectivity index (χ4v) is 2.97. The van der Waals surface area contributed by atoms with Crippen LogP contribution in [-0.2, 0) is 4.79 Å². The van der Waals surface area contributed by atoms with E-state index in [2.05, 4.69) is 11.8 Å². The molecule has 0 saturated carbocycles. The molecule has 2 rings (SSSR count). The molecule has 2 fully saturated rings. The largest absolute Gasteiger partial charge is 0.336 e. The van der Waals surface area contributed by atoms with E-state index in [1.54, 1.807) is 0 Å². The van der Waals surface area contributed by atoms with Gasteiger partial charge in [-0.25, -0.2) is 0 Å². The molecule has 4 nitrogen and oxygen atoms in total. The van der Waals surface area contributed by atoms with Crippen LogP contribution in [0.2, 0.25) is 0 Å². The van der Waals surface area contributed by atoms with E-state index < -0.39 is 0 Å². The number of fused-ring (bicyclic) bond motifs is 1. The molecule has 1 amide bonds. The zero-order valence-corrected chi connectivity index (χ0v) is 11.2. The first-order valence-corrected chi connectivity index (χ1v) is 6.80. The summed E-state index contributed by atoms with van der Waals surface area (Å²) in [5, 5.41) is 0. The standard InChI is InChI=1S/C13H25N3O/c1-9(2)12(14)13(17)16-8-11-5-4-6-15(11)7-10(16)3/h9-12H,4-8,14H2,1-3H3/t10?,11?,12-/m0/s1. The van der Waals surface area contributed by atoms with Crippen molar-refractivity contribution in [1.82, 2.24) is 9.80 Å². The van der Waals surface area contributed by atoms with Gasteiger partial charge in [0.05, 0.1) is 6.04 Å². The van der Waals surface area contributed by atoms with Gasteiger partial charge in [-0.05, 0) is 32.2 Å². The van der Waals surface area contributed by atoms with Crippen LogP contribution in [0, 0.1) is 5.92 Å². The van der Waals surface area contributed by atoms with Gasteiger partial charge in [0.25, 0.3) is 0 Å². The number of carbonyl (C=O) groups excluding carboxylic acids is 1. The lowest BCUT2D eigenvalue weighted by Crippen LogP contribution is -2.60. The highest BCUT2D eigenvalue weighted by Gasteiger charge is 2.38. The van der Waals surface area contributed by atoms with E-state index in [4.69, 9.17) is 5.73 Å². The quantitative estimate of drug-likeness (QED) is 0.770. The van der Waals surface area contributed by atoms with Gasteiger partial charge >= 0.3 is 0 Å². The molecular weight excluding hydrogens is 214 g/mol. The van der Waals surface area contributed by atoms with Gasteiger partial charge in [0.2, 0.25) is 5.91 Å². The summed E-state index contributed by atoms with van der Waals surface area (Å²) in [6, 6.07) is 0.543. The van der Waals surface area contributed by atoms with Crippen LogP contribution < -0.4 is 5.73 Å². The Morgan fingerprint density at radius 1 is 1.35 bits per heavy atom. The number of hydrogen-bond acceptors (Lipinski definition) is 3. The molecule has 0 bridgehead atoms. The van der Waals surface area contributed by atoms with Crippen molar-refractivity contribution in [3.63, 3.8) is 0 Å². The van der Waals surface area contributed by atoms with Gasteiger partial charge < -0.3 is 10.6 Å². The highest BCUT2D eigenvalue weighted by Crippen LogP contribution is 2.25. The lowest BCUT2D eigenvalue weighted by atomic mass is 10.0. The second kappa shape index (κ2) is 4.94. The second-order valence-corrected chi connectivity index (χ2v) is 5.90. The molecule has 3 atom stereocenters. The molecule has 2 saturated heterocycles. The summed E-state index contributed by atoms with van der Waals surface area (Å²) in [6.07, 6.45) is 2.50. The average molecular weight is 239 g/mol. The summed E-state index contributed by atoms with van der Waals surface area (Å²) >= 11 is 0. The maximum absolute atomic E-state index is 12.3. The molecule has 0 aromatic heterocycles. The van der Waals surface area contributed by atoms with Crippen molar-refractivity contribution in [3.8, 4) is 0 Å². The lowest BCUT2D eigenvalue weighted by molar-refractivity contribution is -0.139. The third kappa shape index (κ3) is 2.47. The minimum atomic E-state index is -0.342. The van der Waals surface area contributed by atoms with Crippen molar-refractivity contribution in [1.29, 1.82) is 0 Å². The van der Waals surface area contributed by atoms with Gasteiger partial charge in [-0.2, -0.15) is 0 Å². The van der Waals surface area contributed by atoms with Crippen molar-refractivity contribution in [2.24, 2.45) is 11.7 Å². The van der Waals surface area contributed by atoms with Gasteiger partial charge in [0, 0.05) is 25.2 Å². The number of amides is 1. The molecule has 98 valence electrons. The van der Waals surface area contributed by atoms with Crippen LogP contribution in [0.15, 0.2) is 0 Å². The highest BCUT2D eigenvalue weighted by atomic mass is 16.2. The van der Waals surface area contributed by atoms with Gasteiger partial charge in [-0.3, -0.25) is 9.69 Å². The molecule has 2 N–H and O–H groups in total. The zero-order chi connectivity index (χ0) is 12.6. The monoisotopic (exact) mass is 239 g/mol. The number of rotatable bonds is 2. The van der Waals surface area contributed by atoms with E-state index in [0.29, 0.717) is 12.1 Å². The van der Waals surface area contributed by atoms with Crippen molar-refractivity contribution >= 4 is 5.91 Å². The average Bonchev–Trinajstić information content (AvgIpc) is 2.72. The Labute approximate surface area is 104 Å². The normalized spacial score (nSPS) is 31.7. The summed E-state index contributed by atoms with van der Waals surface area (Å²) in [6.45, 7) is 9.26. The van der Waals surface area contributed by atoms with E-state index in [1.165, 1.54) is 19.4 Å². The van der Waals surface area contributed by atoms with Crippen LogP contribution in [0.25, 0.3) is 0 Å². The van der Waals surface area contributed by atoms with Crippen LogP contribution in [0.5, 0.6) is 0 Å². The van der Waals surface area contributed by atoms with Crippen LogP contribution in [0.3, 0.4) is 0 Å². The molecule has 0 aliphatic carbocycles. The molecule has 0 aromatic carbocycles. The maximum Gasteiger partial charge on any atom is 0.240 e. The molecular formula is C13H25N3O. The molecule has 0 aromatic rings. The van der Waals surface area contributed by atoms with Gasteiger partial charge in [-0.1, -0.05) is 13.8 Å². The summed E-state index contributed by atoms with van der Waals surface area (Å²) in [7, 11) is 0. The molecule has 2 unspecified atom stereocenters. The first-order chi connectivity index (χ1) is 8.00. The van der Waals surface area contributed by atoms with Gasteiger partial charge in [0.15, 0.2) is 0 Å². The van der Waals surface area contributed by atoms with E-state index in [0.717, 1.165) is 13.1 Å². The summed E-state index contributed by atoms with van der Waals surface area (Å²) in [5.74, 6) is 0.357. The number of nitrogens with zero attached hydrogens (tertiary/aromatic N) is 2. The smallest absolute Gasteiger partial charge is 0.240 e. The molecule has 17 heavy (non-hydrogen) atoms. The molecule has 4 heteroatoms. The predicted molar refractivity (Wildman–Crippen MR) is 68.6 cm³/mol. The molecule has 0 spiro atoms. The van der Waals surface area contributed by atoms with Crippen LogP contribution in [0.1, 0.15) is 33.6 Å². The van der Waals surface area contributed by atoms with Crippen molar-refractivity contribution in [3.05, 3.63) is 0 Å². The van der Waals surface area contributed by atoms with E-state index in [-0.39, 0.29) is 17.9 Å². The van der Waals surface area contributed by atoms with E-state index in [1.807, 2.05) is 18.7 Å². The van der Waals surface area contributed by atoms with Crippen LogP contribution in [-0.4, -0.2) is 53.5 Å². The van der Waals surface area contributed by atoms with Crippen molar-refractivity contribution in [2.45, 2.75) is 51.7 Å². The third-order valence-electron chi connectivity index (χ3n) is 4.22. The fraction of sp³-hybridized carbons (Fsp3) is 0.923. The molecule has 2 heterocycles. The first kappa shape index (κ1) is 12.8. The Morgan fingerprint density at radius 2 is 2.06 bits per heavy atom. The predicted octanol–water partition coefficient (Wildman–Crippen LogP) is 0.665.